The van der Waals surface area contributed by atoms with Crippen LogP contribution in [0.25, 0.3) is 0 Å². The Balaban J connectivity index is 2.00. The second kappa shape index (κ2) is 6.84. The molecule has 0 aliphatic heterocycles. The number of nitrogens with zero attached hydrogens (tertiary/aromatic N) is 1. The predicted molar refractivity (Wildman–Crippen MR) is 90.2 cm³/mol. The number of benzene rings is 2. The summed E-state index contributed by atoms with van der Waals surface area (Å²) in [5, 5.41) is 2.55. The lowest BCUT2D eigenvalue weighted by Crippen LogP contribution is -2.09. The summed E-state index contributed by atoms with van der Waals surface area (Å²) in [6.07, 6.45) is 3.57. The molecule has 0 aliphatic carbocycles. The van der Waals surface area contributed by atoms with Crippen LogP contribution in [0.15, 0.2) is 85.2 Å². The highest BCUT2D eigenvalue weighted by Crippen LogP contribution is 2.31. The maximum absolute atomic E-state index is 4.11. The molecule has 0 saturated heterocycles. The second-order valence-corrected chi connectivity index (χ2v) is 6.41. The van der Waals surface area contributed by atoms with E-state index in [1.807, 2.05) is 24.3 Å². The van der Waals surface area contributed by atoms with Crippen LogP contribution in [0.2, 0.25) is 0 Å². The molecule has 0 unspecified atom stereocenters. The molecule has 1 aromatic heterocycles. The van der Waals surface area contributed by atoms with Gasteiger partial charge in [-0.3, -0.25) is 4.98 Å². The molecule has 2 heteroatoms. The lowest BCUT2D eigenvalue weighted by atomic mass is 10.3. The standard InChI is InChI=1S/C19H14NP/c1-3-9-18(10-4-1)21(19-11-5-2-6-12-19)15-13-17-8-7-14-20-16-17/h1-12,14,16H. The first-order valence-corrected chi connectivity index (χ1v) is 8.09. The predicted octanol–water partition coefficient (Wildman–Crippen LogP) is 3.52. The van der Waals surface area contributed by atoms with E-state index in [1.54, 1.807) is 12.4 Å². The van der Waals surface area contributed by atoms with E-state index in [0.29, 0.717) is 0 Å². The summed E-state index contributed by atoms with van der Waals surface area (Å²) in [6, 6.07) is 24.9. The molecular weight excluding hydrogens is 273 g/mol. The van der Waals surface area contributed by atoms with Crippen LogP contribution in [-0.4, -0.2) is 4.98 Å². The molecule has 0 N–H and O–H groups in total. The van der Waals surface area contributed by atoms with Gasteiger partial charge >= 0.3 is 0 Å². The second-order valence-electron chi connectivity index (χ2n) is 4.49. The molecule has 0 saturated carbocycles. The molecule has 3 rings (SSSR count). The molecule has 0 amide bonds. The summed E-state index contributed by atoms with van der Waals surface area (Å²) in [5.41, 5.74) is 4.40. The average Bonchev–Trinajstić information content (AvgIpc) is 2.58. The Morgan fingerprint density at radius 1 is 0.714 bits per heavy atom. The quantitative estimate of drug-likeness (QED) is 0.519. The summed E-state index contributed by atoms with van der Waals surface area (Å²) < 4.78 is 0. The Morgan fingerprint density at radius 2 is 1.33 bits per heavy atom. The van der Waals surface area contributed by atoms with E-state index in [-0.39, 0.29) is 0 Å². The molecule has 0 atom stereocenters. The molecule has 1 heterocycles. The zero-order valence-electron chi connectivity index (χ0n) is 11.5. The van der Waals surface area contributed by atoms with Crippen LogP contribution in [0.4, 0.5) is 0 Å². The van der Waals surface area contributed by atoms with Crippen molar-refractivity contribution in [3.63, 3.8) is 0 Å². The van der Waals surface area contributed by atoms with Gasteiger partial charge in [0.25, 0.3) is 0 Å². The minimum absolute atomic E-state index is 0.663. The van der Waals surface area contributed by atoms with Gasteiger partial charge in [0.15, 0.2) is 0 Å². The zero-order chi connectivity index (χ0) is 14.3. The largest absolute Gasteiger partial charge is 0.263 e. The van der Waals surface area contributed by atoms with Crippen LogP contribution in [0, 0.1) is 11.6 Å². The summed E-state index contributed by atoms with van der Waals surface area (Å²) >= 11 is 0. The fraction of sp³-hybridized carbons (Fsp3) is 0. The van der Waals surface area contributed by atoms with Gasteiger partial charge in [-0.15, -0.1) is 0 Å². The Kier molecular flexibility index (Phi) is 4.42. The van der Waals surface area contributed by atoms with Gasteiger partial charge in [0, 0.05) is 25.9 Å². The van der Waals surface area contributed by atoms with Crippen LogP contribution in [0.5, 0.6) is 0 Å². The van der Waals surface area contributed by atoms with E-state index >= 15 is 0 Å². The average molecular weight is 287 g/mol. The van der Waals surface area contributed by atoms with Gasteiger partial charge in [-0.05, 0) is 22.7 Å². The van der Waals surface area contributed by atoms with E-state index in [4.69, 9.17) is 0 Å². The first-order valence-electron chi connectivity index (χ1n) is 6.75. The summed E-state index contributed by atoms with van der Waals surface area (Å²) in [7, 11) is -0.663. The maximum Gasteiger partial charge on any atom is 0.0432 e. The van der Waals surface area contributed by atoms with Gasteiger partial charge in [-0.2, -0.15) is 0 Å². The van der Waals surface area contributed by atoms with Gasteiger partial charge in [-0.1, -0.05) is 72.2 Å². The van der Waals surface area contributed by atoms with Crippen molar-refractivity contribution in [1.29, 1.82) is 0 Å². The van der Waals surface area contributed by atoms with Crippen LogP contribution in [0.1, 0.15) is 5.56 Å². The molecule has 0 spiro atoms. The summed E-state index contributed by atoms with van der Waals surface area (Å²) in [6.45, 7) is 0. The SMILES string of the molecule is C(#CP(c1ccccc1)c1ccccc1)c1cccnc1. The summed E-state index contributed by atoms with van der Waals surface area (Å²) in [4.78, 5) is 4.11. The summed E-state index contributed by atoms with van der Waals surface area (Å²) in [5.74, 6) is 3.26. The molecule has 3 aromatic rings. The highest BCUT2D eigenvalue weighted by atomic mass is 31.1. The molecule has 2 aromatic carbocycles. The Bertz CT molecular complexity index is 704. The molecule has 100 valence electrons. The van der Waals surface area contributed by atoms with Crippen molar-refractivity contribution in [3.8, 4) is 11.6 Å². The molecule has 0 aliphatic rings. The van der Waals surface area contributed by atoms with Gasteiger partial charge in [0.05, 0.1) is 0 Å². The Labute approximate surface area is 126 Å². The van der Waals surface area contributed by atoms with E-state index in [2.05, 4.69) is 65.1 Å². The van der Waals surface area contributed by atoms with Crippen molar-refractivity contribution in [2.24, 2.45) is 0 Å². The first kappa shape index (κ1) is 13.6. The zero-order valence-corrected chi connectivity index (χ0v) is 12.4. The minimum atomic E-state index is -0.663. The topological polar surface area (TPSA) is 12.9 Å². The van der Waals surface area contributed by atoms with Gasteiger partial charge < -0.3 is 0 Å². The lowest BCUT2D eigenvalue weighted by molar-refractivity contribution is 1.31. The molecule has 0 bridgehead atoms. The van der Waals surface area contributed by atoms with Crippen molar-refractivity contribution < 1.29 is 0 Å². The molecular formula is C19H14NP. The smallest absolute Gasteiger partial charge is 0.0432 e. The Hall–Kier alpha value is -2.42. The van der Waals surface area contributed by atoms with Crippen molar-refractivity contribution in [2.75, 3.05) is 0 Å². The maximum atomic E-state index is 4.11. The van der Waals surface area contributed by atoms with Crippen LogP contribution in [-0.2, 0) is 0 Å². The lowest BCUT2D eigenvalue weighted by Gasteiger charge is -2.11. The van der Waals surface area contributed by atoms with Crippen molar-refractivity contribution in [3.05, 3.63) is 90.8 Å². The highest BCUT2D eigenvalue weighted by Gasteiger charge is 2.10. The van der Waals surface area contributed by atoms with E-state index in [0.717, 1.165) is 5.56 Å². The third-order valence-corrected chi connectivity index (χ3v) is 4.97. The Morgan fingerprint density at radius 3 is 1.86 bits per heavy atom. The molecule has 1 nitrogen and oxygen atoms in total. The van der Waals surface area contributed by atoms with Crippen LogP contribution >= 0.6 is 7.92 Å². The third kappa shape index (κ3) is 3.57. The minimum Gasteiger partial charge on any atom is -0.263 e. The van der Waals surface area contributed by atoms with E-state index < -0.39 is 7.92 Å². The molecule has 0 radical (unpaired) electrons. The van der Waals surface area contributed by atoms with Gasteiger partial charge in [0.2, 0.25) is 0 Å². The van der Waals surface area contributed by atoms with Crippen molar-refractivity contribution >= 4 is 18.5 Å². The van der Waals surface area contributed by atoms with Crippen molar-refractivity contribution in [2.45, 2.75) is 0 Å². The normalized spacial score (nSPS) is 9.95. The van der Waals surface area contributed by atoms with Gasteiger partial charge in [0.1, 0.15) is 0 Å². The third-order valence-electron chi connectivity index (χ3n) is 3.00. The first-order chi connectivity index (χ1) is 10.4. The van der Waals surface area contributed by atoms with E-state index in [9.17, 15) is 0 Å². The number of hydrogen-bond acceptors (Lipinski definition) is 1. The van der Waals surface area contributed by atoms with Crippen LogP contribution < -0.4 is 10.6 Å². The molecule has 21 heavy (non-hydrogen) atoms. The number of pyridine rings is 1. The fourth-order valence-corrected chi connectivity index (χ4v) is 3.73. The number of rotatable bonds is 2. The van der Waals surface area contributed by atoms with E-state index in [1.165, 1.54) is 10.6 Å². The van der Waals surface area contributed by atoms with Crippen LogP contribution in [0.3, 0.4) is 0 Å². The highest BCUT2D eigenvalue weighted by molar-refractivity contribution is 7.77. The van der Waals surface area contributed by atoms with Gasteiger partial charge in [-0.25, -0.2) is 0 Å². The molecule has 0 fully saturated rings. The van der Waals surface area contributed by atoms with Crippen molar-refractivity contribution in [1.82, 2.24) is 4.98 Å². The number of aromatic nitrogens is 1. The monoisotopic (exact) mass is 287 g/mol. The number of hydrogen-bond donors (Lipinski definition) is 0. The fourth-order valence-electron chi connectivity index (χ4n) is 1.99.